The summed E-state index contributed by atoms with van der Waals surface area (Å²) in [6, 6.07) is 11.0. The van der Waals surface area contributed by atoms with Gasteiger partial charge in [0.1, 0.15) is 5.75 Å². The molecule has 0 fully saturated rings. The zero-order valence-corrected chi connectivity index (χ0v) is 10.4. The number of aromatic hydroxyl groups is 1. The van der Waals surface area contributed by atoms with Crippen LogP contribution in [0.1, 0.15) is 22.8 Å². The number of aliphatic hydroxyl groups is 1. The zero-order chi connectivity index (χ0) is 14.8. The van der Waals surface area contributed by atoms with E-state index in [9.17, 15) is 23.4 Å². The van der Waals surface area contributed by atoms with Gasteiger partial charge in [0.15, 0.2) is 0 Å². The lowest BCUT2D eigenvalue weighted by Crippen LogP contribution is -2.08. The summed E-state index contributed by atoms with van der Waals surface area (Å²) in [7, 11) is 0. The number of rotatable bonds is 3. The number of phenolic OH excluding ortho intramolecular Hbond substituents is 1. The molecule has 2 nitrogen and oxygen atoms in total. The Bertz CT molecular complexity index is 594. The van der Waals surface area contributed by atoms with E-state index in [1.165, 1.54) is 18.2 Å². The first-order valence-electron chi connectivity index (χ1n) is 6.00. The van der Waals surface area contributed by atoms with Crippen molar-refractivity contribution in [2.24, 2.45) is 0 Å². The number of para-hydroxylation sites is 1. The summed E-state index contributed by atoms with van der Waals surface area (Å²) >= 11 is 0. The number of hydrogen-bond acceptors (Lipinski definition) is 2. The molecule has 2 aromatic carbocycles. The van der Waals surface area contributed by atoms with Gasteiger partial charge in [0.05, 0.1) is 11.7 Å². The van der Waals surface area contributed by atoms with Crippen molar-refractivity contribution < 1.29 is 23.4 Å². The molecule has 0 radical (unpaired) electrons. The SMILES string of the molecule is Oc1ccccc1CC(O)c1cccc(C(F)(F)F)c1. The molecule has 0 bridgehead atoms. The highest BCUT2D eigenvalue weighted by atomic mass is 19.4. The fraction of sp³-hybridized carbons (Fsp3) is 0.200. The zero-order valence-electron chi connectivity index (χ0n) is 10.4. The number of aliphatic hydroxyl groups excluding tert-OH is 1. The van der Waals surface area contributed by atoms with Gasteiger partial charge in [0.2, 0.25) is 0 Å². The van der Waals surface area contributed by atoms with Crippen LogP contribution in [0.2, 0.25) is 0 Å². The Kier molecular flexibility index (Phi) is 3.99. The molecular formula is C15H13F3O2. The van der Waals surface area contributed by atoms with Crippen molar-refractivity contribution in [2.75, 3.05) is 0 Å². The maximum absolute atomic E-state index is 12.6. The summed E-state index contributed by atoms with van der Waals surface area (Å²) in [5.41, 5.74) is -0.146. The Labute approximate surface area is 114 Å². The van der Waals surface area contributed by atoms with Crippen LogP contribution in [-0.2, 0) is 12.6 Å². The normalized spacial score (nSPS) is 13.2. The summed E-state index contributed by atoms with van der Waals surface area (Å²) in [6.45, 7) is 0. The van der Waals surface area contributed by atoms with E-state index in [1.807, 2.05) is 0 Å². The Balaban J connectivity index is 2.22. The maximum atomic E-state index is 12.6. The van der Waals surface area contributed by atoms with Gasteiger partial charge in [-0.05, 0) is 29.3 Å². The Morgan fingerprint density at radius 1 is 1.00 bits per heavy atom. The molecule has 0 aliphatic heterocycles. The van der Waals surface area contributed by atoms with Crippen LogP contribution < -0.4 is 0 Å². The highest BCUT2D eigenvalue weighted by molar-refractivity contribution is 5.34. The minimum Gasteiger partial charge on any atom is -0.508 e. The van der Waals surface area contributed by atoms with Crippen LogP contribution >= 0.6 is 0 Å². The van der Waals surface area contributed by atoms with Crippen LogP contribution in [0.4, 0.5) is 13.2 Å². The molecule has 1 unspecified atom stereocenters. The molecule has 0 amide bonds. The first kappa shape index (κ1) is 14.4. The molecule has 0 aliphatic rings. The third kappa shape index (κ3) is 3.30. The third-order valence-electron chi connectivity index (χ3n) is 3.00. The lowest BCUT2D eigenvalue weighted by atomic mass is 9.99. The van der Waals surface area contributed by atoms with E-state index in [-0.39, 0.29) is 17.7 Å². The van der Waals surface area contributed by atoms with Gasteiger partial charge >= 0.3 is 6.18 Å². The Morgan fingerprint density at radius 3 is 2.35 bits per heavy atom. The number of benzene rings is 2. The molecule has 0 spiro atoms. The standard InChI is InChI=1S/C15H13F3O2/c16-15(17,18)12-6-3-5-10(8-12)14(20)9-11-4-1-2-7-13(11)19/h1-8,14,19-20H,9H2. The van der Waals surface area contributed by atoms with Crippen molar-refractivity contribution in [3.8, 4) is 5.75 Å². The van der Waals surface area contributed by atoms with Crippen LogP contribution in [0, 0.1) is 0 Å². The van der Waals surface area contributed by atoms with E-state index in [1.54, 1.807) is 18.2 Å². The van der Waals surface area contributed by atoms with Gasteiger partial charge in [-0.15, -0.1) is 0 Å². The topological polar surface area (TPSA) is 40.5 Å². The molecule has 0 aliphatic carbocycles. The molecule has 2 rings (SSSR count). The van der Waals surface area contributed by atoms with E-state index in [0.717, 1.165) is 12.1 Å². The van der Waals surface area contributed by atoms with Crippen molar-refractivity contribution in [3.63, 3.8) is 0 Å². The fourth-order valence-corrected chi connectivity index (χ4v) is 1.93. The number of hydrogen-bond donors (Lipinski definition) is 2. The van der Waals surface area contributed by atoms with Crippen LogP contribution in [0.15, 0.2) is 48.5 Å². The molecule has 0 aromatic heterocycles. The predicted octanol–water partition coefficient (Wildman–Crippen LogP) is 3.69. The van der Waals surface area contributed by atoms with Gasteiger partial charge in [0.25, 0.3) is 0 Å². The van der Waals surface area contributed by atoms with Crippen LogP contribution in [0.25, 0.3) is 0 Å². The van der Waals surface area contributed by atoms with Gasteiger partial charge < -0.3 is 10.2 Å². The predicted molar refractivity (Wildman–Crippen MR) is 68.2 cm³/mol. The summed E-state index contributed by atoms with van der Waals surface area (Å²) in [5.74, 6) is 0.0125. The summed E-state index contributed by atoms with van der Waals surface area (Å²) in [4.78, 5) is 0. The van der Waals surface area contributed by atoms with Gasteiger partial charge in [0, 0.05) is 6.42 Å². The average molecular weight is 282 g/mol. The maximum Gasteiger partial charge on any atom is 0.416 e. The first-order chi connectivity index (χ1) is 9.38. The van der Waals surface area contributed by atoms with Gasteiger partial charge in [-0.25, -0.2) is 0 Å². The van der Waals surface area contributed by atoms with Gasteiger partial charge in [-0.1, -0.05) is 30.3 Å². The van der Waals surface area contributed by atoms with Crippen molar-refractivity contribution >= 4 is 0 Å². The summed E-state index contributed by atoms with van der Waals surface area (Å²) in [5, 5.41) is 19.6. The highest BCUT2D eigenvalue weighted by Gasteiger charge is 2.30. The first-order valence-corrected chi connectivity index (χ1v) is 6.00. The Morgan fingerprint density at radius 2 is 1.70 bits per heavy atom. The minimum absolute atomic E-state index is 0.0125. The summed E-state index contributed by atoms with van der Waals surface area (Å²) < 4.78 is 37.8. The average Bonchev–Trinajstić information content (AvgIpc) is 2.40. The Hall–Kier alpha value is -2.01. The molecule has 20 heavy (non-hydrogen) atoms. The third-order valence-corrected chi connectivity index (χ3v) is 3.00. The monoisotopic (exact) mass is 282 g/mol. The van der Waals surface area contributed by atoms with Crippen molar-refractivity contribution in [1.29, 1.82) is 0 Å². The molecule has 0 heterocycles. The van der Waals surface area contributed by atoms with E-state index in [0.29, 0.717) is 5.56 Å². The lowest BCUT2D eigenvalue weighted by molar-refractivity contribution is -0.137. The van der Waals surface area contributed by atoms with Crippen LogP contribution in [0.5, 0.6) is 5.75 Å². The number of halogens is 3. The molecular weight excluding hydrogens is 269 g/mol. The van der Waals surface area contributed by atoms with Gasteiger partial charge in [-0.2, -0.15) is 13.2 Å². The quantitative estimate of drug-likeness (QED) is 0.901. The van der Waals surface area contributed by atoms with Crippen LogP contribution in [0.3, 0.4) is 0 Å². The largest absolute Gasteiger partial charge is 0.508 e. The molecule has 0 saturated heterocycles. The second kappa shape index (κ2) is 5.54. The van der Waals surface area contributed by atoms with Crippen LogP contribution in [-0.4, -0.2) is 10.2 Å². The molecule has 1 atom stereocenters. The molecule has 2 N–H and O–H groups in total. The number of phenols is 1. The van der Waals surface area contributed by atoms with Crippen molar-refractivity contribution in [2.45, 2.75) is 18.7 Å². The van der Waals surface area contributed by atoms with E-state index in [2.05, 4.69) is 0 Å². The fourth-order valence-electron chi connectivity index (χ4n) is 1.93. The number of alkyl halides is 3. The minimum atomic E-state index is -4.44. The molecule has 2 aromatic rings. The van der Waals surface area contributed by atoms with E-state index >= 15 is 0 Å². The van der Waals surface area contributed by atoms with E-state index in [4.69, 9.17) is 0 Å². The lowest BCUT2D eigenvalue weighted by Gasteiger charge is -2.14. The molecule has 106 valence electrons. The highest BCUT2D eigenvalue weighted by Crippen LogP contribution is 2.32. The van der Waals surface area contributed by atoms with Crippen molar-refractivity contribution in [3.05, 3.63) is 65.2 Å². The second-order valence-corrected chi connectivity index (χ2v) is 4.47. The summed E-state index contributed by atoms with van der Waals surface area (Å²) in [6.07, 6.45) is -5.50. The smallest absolute Gasteiger partial charge is 0.416 e. The molecule has 5 heteroatoms. The van der Waals surface area contributed by atoms with Crippen molar-refractivity contribution in [1.82, 2.24) is 0 Å². The van der Waals surface area contributed by atoms with Gasteiger partial charge in [-0.3, -0.25) is 0 Å². The molecule has 0 saturated carbocycles. The second-order valence-electron chi connectivity index (χ2n) is 4.47. The van der Waals surface area contributed by atoms with E-state index < -0.39 is 17.8 Å².